The van der Waals surface area contributed by atoms with Crippen molar-refractivity contribution in [3.8, 4) is 0 Å². The first kappa shape index (κ1) is 20.5. The maximum absolute atomic E-state index is 12.4. The first-order valence-corrected chi connectivity index (χ1v) is 10.0. The standard InChI is InChI=1S/C21H24BrN3O3/c1-15-11-17(7-8-18(15)22)24-20(26)12-23-21(27)19-14-25(9-10-28-19)13-16-5-3-2-4-6-16/h2-8,11,19H,9-10,12-14H2,1H3,(H,23,27)(H,24,26). The molecule has 0 spiro atoms. The minimum Gasteiger partial charge on any atom is -0.366 e. The highest BCUT2D eigenvalue weighted by Crippen LogP contribution is 2.19. The number of carbonyl (C=O) groups excluding carboxylic acids is 2. The second-order valence-corrected chi connectivity index (χ2v) is 7.66. The van der Waals surface area contributed by atoms with Crippen molar-refractivity contribution in [1.29, 1.82) is 0 Å². The highest BCUT2D eigenvalue weighted by Gasteiger charge is 2.26. The summed E-state index contributed by atoms with van der Waals surface area (Å²) in [5.74, 6) is -0.535. The molecule has 6 nitrogen and oxygen atoms in total. The Bertz CT molecular complexity index is 829. The summed E-state index contributed by atoms with van der Waals surface area (Å²) in [4.78, 5) is 26.7. The van der Waals surface area contributed by atoms with Crippen molar-refractivity contribution < 1.29 is 14.3 Å². The van der Waals surface area contributed by atoms with Crippen LogP contribution < -0.4 is 10.6 Å². The molecule has 7 heteroatoms. The van der Waals surface area contributed by atoms with Gasteiger partial charge in [0.2, 0.25) is 5.91 Å². The van der Waals surface area contributed by atoms with Gasteiger partial charge in [-0.3, -0.25) is 14.5 Å². The molecule has 0 aliphatic carbocycles. The van der Waals surface area contributed by atoms with Crippen molar-refractivity contribution in [1.82, 2.24) is 10.2 Å². The van der Waals surface area contributed by atoms with E-state index in [1.165, 1.54) is 5.56 Å². The predicted molar refractivity (Wildman–Crippen MR) is 112 cm³/mol. The maximum Gasteiger partial charge on any atom is 0.250 e. The summed E-state index contributed by atoms with van der Waals surface area (Å²) in [6, 6.07) is 15.7. The van der Waals surface area contributed by atoms with Crippen molar-refractivity contribution in [3.63, 3.8) is 0 Å². The number of carbonyl (C=O) groups is 2. The van der Waals surface area contributed by atoms with Crippen LogP contribution >= 0.6 is 15.9 Å². The molecule has 0 aromatic heterocycles. The van der Waals surface area contributed by atoms with Crippen LogP contribution in [-0.4, -0.2) is 49.1 Å². The third-order valence-corrected chi connectivity index (χ3v) is 5.45. The van der Waals surface area contributed by atoms with E-state index in [0.29, 0.717) is 18.8 Å². The summed E-state index contributed by atoms with van der Waals surface area (Å²) in [6.07, 6.45) is -0.569. The number of morpholine rings is 1. The first-order valence-electron chi connectivity index (χ1n) is 9.23. The second kappa shape index (κ2) is 9.82. The Morgan fingerprint density at radius 2 is 2.00 bits per heavy atom. The van der Waals surface area contributed by atoms with Crippen LogP contribution in [0, 0.1) is 6.92 Å². The van der Waals surface area contributed by atoms with Gasteiger partial charge in [-0.05, 0) is 36.2 Å². The number of benzene rings is 2. The lowest BCUT2D eigenvalue weighted by molar-refractivity contribution is -0.139. The van der Waals surface area contributed by atoms with Crippen LogP contribution in [-0.2, 0) is 20.9 Å². The van der Waals surface area contributed by atoms with E-state index in [1.54, 1.807) is 0 Å². The summed E-state index contributed by atoms with van der Waals surface area (Å²) in [7, 11) is 0. The Kier molecular flexibility index (Phi) is 7.19. The van der Waals surface area contributed by atoms with Gasteiger partial charge >= 0.3 is 0 Å². The zero-order valence-electron chi connectivity index (χ0n) is 15.8. The van der Waals surface area contributed by atoms with E-state index in [-0.39, 0.29) is 18.4 Å². The molecule has 1 fully saturated rings. The topological polar surface area (TPSA) is 70.7 Å². The molecule has 2 aromatic rings. The number of anilines is 1. The van der Waals surface area contributed by atoms with Gasteiger partial charge in [0.05, 0.1) is 13.2 Å². The molecule has 2 N–H and O–H groups in total. The predicted octanol–water partition coefficient (Wildman–Crippen LogP) is 2.71. The highest BCUT2D eigenvalue weighted by molar-refractivity contribution is 9.10. The van der Waals surface area contributed by atoms with Crippen LogP contribution in [0.25, 0.3) is 0 Å². The highest BCUT2D eigenvalue weighted by atomic mass is 79.9. The molecule has 1 unspecified atom stereocenters. The minimum absolute atomic E-state index is 0.0908. The molecule has 0 radical (unpaired) electrons. The third kappa shape index (κ3) is 5.89. The summed E-state index contributed by atoms with van der Waals surface area (Å²) in [5, 5.41) is 5.45. The zero-order chi connectivity index (χ0) is 19.9. The number of aryl methyl sites for hydroxylation is 1. The van der Waals surface area contributed by atoms with E-state index in [1.807, 2.05) is 43.3 Å². The van der Waals surface area contributed by atoms with Gasteiger partial charge in [-0.1, -0.05) is 46.3 Å². The molecule has 0 saturated carbocycles. The molecule has 1 saturated heterocycles. The largest absolute Gasteiger partial charge is 0.366 e. The van der Waals surface area contributed by atoms with Gasteiger partial charge in [-0.25, -0.2) is 0 Å². The maximum atomic E-state index is 12.4. The zero-order valence-corrected chi connectivity index (χ0v) is 17.4. The molecular weight excluding hydrogens is 422 g/mol. The van der Waals surface area contributed by atoms with Crippen molar-refractivity contribution in [3.05, 3.63) is 64.1 Å². The summed E-state index contributed by atoms with van der Waals surface area (Å²) in [6.45, 7) is 4.42. The lowest BCUT2D eigenvalue weighted by Gasteiger charge is -2.32. The quantitative estimate of drug-likeness (QED) is 0.716. The molecule has 2 amide bonds. The Morgan fingerprint density at radius 1 is 1.21 bits per heavy atom. The van der Waals surface area contributed by atoms with Gasteiger partial charge in [0.1, 0.15) is 6.10 Å². The average Bonchev–Trinajstić information content (AvgIpc) is 2.70. The normalized spacial score (nSPS) is 17.1. The van der Waals surface area contributed by atoms with Crippen LogP contribution in [0.2, 0.25) is 0 Å². The van der Waals surface area contributed by atoms with Crippen LogP contribution in [0.4, 0.5) is 5.69 Å². The minimum atomic E-state index is -0.569. The smallest absolute Gasteiger partial charge is 0.250 e. The van der Waals surface area contributed by atoms with Crippen molar-refractivity contribution in [2.24, 2.45) is 0 Å². The Balaban J connectivity index is 1.45. The van der Waals surface area contributed by atoms with Crippen molar-refractivity contribution in [2.45, 2.75) is 19.6 Å². The van der Waals surface area contributed by atoms with Crippen molar-refractivity contribution in [2.75, 3.05) is 31.6 Å². The third-order valence-electron chi connectivity index (χ3n) is 4.56. The van der Waals surface area contributed by atoms with E-state index in [9.17, 15) is 9.59 Å². The first-order chi connectivity index (χ1) is 13.5. The molecule has 1 aliphatic heterocycles. The summed E-state index contributed by atoms with van der Waals surface area (Å²) < 4.78 is 6.58. The van der Waals surface area contributed by atoms with Crippen LogP contribution in [0.3, 0.4) is 0 Å². The number of hydrogen-bond donors (Lipinski definition) is 2. The Labute approximate surface area is 173 Å². The monoisotopic (exact) mass is 445 g/mol. The van der Waals surface area contributed by atoms with Gasteiger partial charge in [-0.2, -0.15) is 0 Å². The fourth-order valence-electron chi connectivity index (χ4n) is 3.06. The Hall–Kier alpha value is -2.22. The number of amides is 2. The van der Waals surface area contributed by atoms with Crippen LogP contribution in [0.15, 0.2) is 53.0 Å². The number of halogens is 1. The molecule has 1 atom stereocenters. The van der Waals surface area contributed by atoms with Gasteiger partial charge < -0.3 is 15.4 Å². The fourth-order valence-corrected chi connectivity index (χ4v) is 3.30. The molecule has 2 aromatic carbocycles. The molecule has 1 aliphatic rings. The SMILES string of the molecule is Cc1cc(NC(=O)CNC(=O)C2CN(Cc3ccccc3)CCO2)ccc1Br. The van der Waals surface area contributed by atoms with E-state index in [2.05, 4.69) is 43.6 Å². The van der Waals surface area contributed by atoms with E-state index >= 15 is 0 Å². The van der Waals surface area contributed by atoms with Gasteiger partial charge in [-0.15, -0.1) is 0 Å². The number of nitrogens with zero attached hydrogens (tertiary/aromatic N) is 1. The Morgan fingerprint density at radius 3 is 2.75 bits per heavy atom. The summed E-state index contributed by atoms with van der Waals surface area (Å²) >= 11 is 3.43. The number of nitrogens with one attached hydrogen (secondary N) is 2. The van der Waals surface area contributed by atoms with Crippen molar-refractivity contribution >= 4 is 33.4 Å². The second-order valence-electron chi connectivity index (χ2n) is 6.81. The molecule has 3 rings (SSSR count). The number of hydrogen-bond acceptors (Lipinski definition) is 4. The van der Waals surface area contributed by atoms with Gasteiger partial charge in [0.15, 0.2) is 0 Å². The van der Waals surface area contributed by atoms with E-state index in [4.69, 9.17) is 4.74 Å². The fraction of sp³-hybridized carbons (Fsp3) is 0.333. The summed E-state index contributed by atoms with van der Waals surface area (Å²) in [5.41, 5.74) is 2.92. The lowest BCUT2D eigenvalue weighted by Crippen LogP contribution is -2.50. The molecular formula is C21H24BrN3O3. The van der Waals surface area contributed by atoms with Gasteiger partial charge in [0, 0.05) is 29.8 Å². The van der Waals surface area contributed by atoms with E-state index < -0.39 is 6.10 Å². The lowest BCUT2D eigenvalue weighted by atomic mass is 10.2. The van der Waals surface area contributed by atoms with E-state index in [0.717, 1.165) is 23.1 Å². The van der Waals surface area contributed by atoms with Crippen LogP contribution in [0.1, 0.15) is 11.1 Å². The van der Waals surface area contributed by atoms with Gasteiger partial charge in [0.25, 0.3) is 5.91 Å². The number of rotatable bonds is 6. The molecule has 148 valence electrons. The molecule has 28 heavy (non-hydrogen) atoms. The number of ether oxygens (including phenoxy) is 1. The average molecular weight is 446 g/mol. The molecule has 1 heterocycles. The van der Waals surface area contributed by atoms with Crippen LogP contribution in [0.5, 0.6) is 0 Å². The molecule has 0 bridgehead atoms.